The van der Waals surface area contributed by atoms with Crippen LogP contribution in [0.3, 0.4) is 0 Å². The molecule has 0 fully saturated rings. The van der Waals surface area contributed by atoms with E-state index in [1.54, 1.807) is 0 Å². The van der Waals surface area contributed by atoms with Crippen LogP contribution < -0.4 is 0 Å². The normalized spacial score (nSPS) is 12.5. The van der Waals surface area contributed by atoms with Gasteiger partial charge in [-0.25, -0.2) is 0 Å². The Kier molecular flexibility index (Phi) is 64.7. The third-order valence-electron chi connectivity index (χ3n) is 15.2. The zero-order valence-corrected chi connectivity index (χ0v) is 52.6. The van der Waals surface area contributed by atoms with E-state index in [2.05, 4.69) is 93.7 Å². The van der Waals surface area contributed by atoms with Gasteiger partial charge in [0, 0.05) is 19.3 Å². The standard InChI is InChI=1S/C73H130O6/c1-4-7-10-13-15-17-19-21-23-25-27-29-31-33-35-36-38-39-41-43-45-47-49-51-53-55-57-60-63-66-72(75)78-69-70(68-77-71(74)65-62-59-12-9-6-3)79-73(76)67-64-61-58-56-54-52-50-48-46-44-42-40-37-34-32-30-28-26-24-22-20-18-16-14-11-8-5-2/h7,10,15,17,21,23,26-29,33,35,70H,4-6,8-9,11-14,16,18-20,22,24-25,30-32,34,36-69H2,1-3H3/b10-7-,17-15-,23-21-,28-26-,29-27-,35-33-. The van der Waals surface area contributed by atoms with Gasteiger partial charge in [-0.2, -0.15) is 0 Å². The first kappa shape index (κ1) is 75.8. The molecule has 0 aromatic heterocycles. The highest BCUT2D eigenvalue weighted by Crippen LogP contribution is 2.18. The van der Waals surface area contributed by atoms with E-state index in [9.17, 15) is 14.4 Å². The average molecular weight is 1100 g/mol. The summed E-state index contributed by atoms with van der Waals surface area (Å²) in [6.07, 6.45) is 88.4. The van der Waals surface area contributed by atoms with Crippen LogP contribution in [0.25, 0.3) is 0 Å². The van der Waals surface area contributed by atoms with Gasteiger partial charge in [-0.1, -0.05) is 318 Å². The number of esters is 3. The molecule has 0 N–H and O–H groups in total. The lowest BCUT2D eigenvalue weighted by atomic mass is 10.0. The van der Waals surface area contributed by atoms with E-state index in [0.29, 0.717) is 19.3 Å². The van der Waals surface area contributed by atoms with E-state index in [0.717, 1.165) is 96.3 Å². The molecule has 0 rings (SSSR count). The second kappa shape index (κ2) is 67.4. The molecule has 0 aromatic rings. The zero-order chi connectivity index (χ0) is 57.1. The highest BCUT2D eigenvalue weighted by molar-refractivity contribution is 5.71. The predicted octanol–water partition coefficient (Wildman–Crippen LogP) is 23.7. The fourth-order valence-corrected chi connectivity index (χ4v) is 10.1. The minimum absolute atomic E-state index is 0.0724. The third kappa shape index (κ3) is 65.5. The molecule has 79 heavy (non-hydrogen) atoms. The molecule has 0 saturated heterocycles. The van der Waals surface area contributed by atoms with Crippen LogP contribution in [-0.2, 0) is 28.6 Å². The molecule has 0 bridgehead atoms. The second-order valence-electron chi connectivity index (χ2n) is 23.1. The van der Waals surface area contributed by atoms with Crippen molar-refractivity contribution < 1.29 is 28.6 Å². The highest BCUT2D eigenvalue weighted by atomic mass is 16.6. The summed E-state index contributed by atoms with van der Waals surface area (Å²) in [5.41, 5.74) is 0. The van der Waals surface area contributed by atoms with Crippen LogP contribution in [0.1, 0.15) is 355 Å². The van der Waals surface area contributed by atoms with E-state index in [1.807, 2.05) is 0 Å². The van der Waals surface area contributed by atoms with E-state index in [4.69, 9.17) is 14.2 Å². The van der Waals surface area contributed by atoms with Gasteiger partial charge in [-0.15, -0.1) is 0 Å². The van der Waals surface area contributed by atoms with Crippen LogP contribution in [-0.4, -0.2) is 37.2 Å². The first-order valence-corrected chi connectivity index (χ1v) is 34.4. The van der Waals surface area contributed by atoms with Gasteiger partial charge in [0.1, 0.15) is 13.2 Å². The Morgan fingerprint density at radius 3 is 0.785 bits per heavy atom. The Labute approximate surface area is 491 Å². The number of rotatable bonds is 63. The fraction of sp³-hybridized carbons (Fsp3) is 0.795. The molecular formula is C73H130O6. The summed E-state index contributed by atoms with van der Waals surface area (Å²) in [5, 5.41) is 0. The van der Waals surface area contributed by atoms with E-state index >= 15 is 0 Å². The molecule has 0 aliphatic rings. The molecule has 0 aliphatic carbocycles. The molecule has 0 heterocycles. The summed E-state index contributed by atoms with van der Waals surface area (Å²) >= 11 is 0. The Morgan fingerprint density at radius 2 is 0.494 bits per heavy atom. The summed E-state index contributed by atoms with van der Waals surface area (Å²) < 4.78 is 16.8. The third-order valence-corrected chi connectivity index (χ3v) is 15.2. The van der Waals surface area contributed by atoms with E-state index in [-0.39, 0.29) is 31.1 Å². The molecule has 1 atom stereocenters. The number of ether oxygens (including phenoxy) is 3. The lowest BCUT2D eigenvalue weighted by molar-refractivity contribution is -0.167. The van der Waals surface area contributed by atoms with Crippen molar-refractivity contribution in [2.75, 3.05) is 13.2 Å². The Hall–Kier alpha value is -3.15. The predicted molar refractivity (Wildman–Crippen MR) is 344 cm³/mol. The van der Waals surface area contributed by atoms with Crippen LogP contribution in [0.2, 0.25) is 0 Å². The summed E-state index contributed by atoms with van der Waals surface area (Å²) in [6, 6.07) is 0. The highest BCUT2D eigenvalue weighted by Gasteiger charge is 2.19. The number of hydrogen-bond acceptors (Lipinski definition) is 6. The first-order valence-electron chi connectivity index (χ1n) is 34.4. The molecule has 458 valence electrons. The Morgan fingerprint density at radius 1 is 0.266 bits per heavy atom. The Balaban J connectivity index is 3.97. The molecule has 1 unspecified atom stereocenters. The lowest BCUT2D eigenvalue weighted by Gasteiger charge is -2.18. The van der Waals surface area contributed by atoms with Crippen LogP contribution in [0.15, 0.2) is 72.9 Å². The van der Waals surface area contributed by atoms with Crippen molar-refractivity contribution >= 4 is 17.9 Å². The van der Waals surface area contributed by atoms with Crippen molar-refractivity contribution in [1.82, 2.24) is 0 Å². The maximum Gasteiger partial charge on any atom is 0.306 e. The van der Waals surface area contributed by atoms with E-state index < -0.39 is 6.10 Å². The summed E-state index contributed by atoms with van der Waals surface area (Å²) in [7, 11) is 0. The largest absolute Gasteiger partial charge is 0.462 e. The minimum Gasteiger partial charge on any atom is -0.462 e. The van der Waals surface area contributed by atoms with Gasteiger partial charge in [0.15, 0.2) is 6.10 Å². The van der Waals surface area contributed by atoms with Crippen molar-refractivity contribution in [3.05, 3.63) is 72.9 Å². The zero-order valence-electron chi connectivity index (χ0n) is 52.6. The molecule has 0 aromatic carbocycles. The summed E-state index contributed by atoms with van der Waals surface area (Å²) in [4.78, 5) is 38.0. The maximum absolute atomic E-state index is 12.9. The summed E-state index contributed by atoms with van der Waals surface area (Å²) in [6.45, 7) is 6.49. The smallest absolute Gasteiger partial charge is 0.306 e. The molecule has 0 aliphatic heterocycles. The molecule has 0 spiro atoms. The number of allylic oxidation sites excluding steroid dienone is 12. The molecule has 6 nitrogen and oxygen atoms in total. The van der Waals surface area contributed by atoms with Gasteiger partial charge in [-0.05, 0) is 89.9 Å². The number of carbonyl (C=O) groups excluding carboxylic acids is 3. The van der Waals surface area contributed by atoms with Gasteiger partial charge in [0.05, 0.1) is 0 Å². The SMILES string of the molecule is CC/C=C\C/C=C\C/C=C\C/C=C\C/C=C\CCCCCCCCCCCCCCCC(=O)OCC(COC(=O)CCCCCCC)OC(=O)CCCCCCCCCCCCCCCCC/C=C\CCCCCCCCCC. The molecule has 0 amide bonds. The molecule has 6 heteroatoms. The quantitative estimate of drug-likeness (QED) is 0.0261. The van der Waals surface area contributed by atoms with Gasteiger partial charge in [0.25, 0.3) is 0 Å². The van der Waals surface area contributed by atoms with E-state index in [1.165, 1.54) is 218 Å². The van der Waals surface area contributed by atoms with Crippen LogP contribution in [0.4, 0.5) is 0 Å². The van der Waals surface area contributed by atoms with Gasteiger partial charge < -0.3 is 14.2 Å². The van der Waals surface area contributed by atoms with Crippen LogP contribution >= 0.6 is 0 Å². The Bertz CT molecular complexity index is 1450. The second-order valence-corrected chi connectivity index (χ2v) is 23.1. The fourth-order valence-electron chi connectivity index (χ4n) is 10.1. The van der Waals surface area contributed by atoms with Crippen LogP contribution in [0, 0.1) is 0 Å². The topological polar surface area (TPSA) is 78.9 Å². The number of unbranched alkanes of at least 4 members (excludes halogenated alkanes) is 40. The van der Waals surface area contributed by atoms with Crippen molar-refractivity contribution in [3.8, 4) is 0 Å². The van der Waals surface area contributed by atoms with Crippen molar-refractivity contribution in [2.24, 2.45) is 0 Å². The van der Waals surface area contributed by atoms with Gasteiger partial charge in [0.2, 0.25) is 0 Å². The monoisotopic (exact) mass is 1100 g/mol. The maximum atomic E-state index is 12.9. The molecular weight excluding hydrogens is 973 g/mol. The number of hydrogen-bond donors (Lipinski definition) is 0. The number of carbonyl (C=O) groups is 3. The molecule has 0 radical (unpaired) electrons. The van der Waals surface area contributed by atoms with Crippen molar-refractivity contribution in [1.29, 1.82) is 0 Å². The summed E-state index contributed by atoms with van der Waals surface area (Å²) in [5.74, 6) is -0.870. The van der Waals surface area contributed by atoms with Crippen molar-refractivity contribution in [2.45, 2.75) is 361 Å². The van der Waals surface area contributed by atoms with Crippen molar-refractivity contribution in [3.63, 3.8) is 0 Å². The average Bonchev–Trinajstić information content (AvgIpc) is 3.45. The first-order chi connectivity index (χ1) is 39.0. The molecule has 0 saturated carbocycles. The van der Waals surface area contributed by atoms with Crippen LogP contribution in [0.5, 0.6) is 0 Å². The van der Waals surface area contributed by atoms with Gasteiger partial charge >= 0.3 is 17.9 Å². The lowest BCUT2D eigenvalue weighted by Crippen LogP contribution is -2.30. The minimum atomic E-state index is -0.771. The van der Waals surface area contributed by atoms with Gasteiger partial charge in [-0.3, -0.25) is 14.4 Å².